The average molecular weight is 285 g/mol. The van der Waals surface area contributed by atoms with Gasteiger partial charge in [0.2, 0.25) is 0 Å². The zero-order chi connectivity index (χ0) is 14.2. The summed E-state index contributed by atoms with van der Waals surface area (Å²) >= 11 is 0. The minimum absolute atomic E-state index is 0.0510. The molecule has 0 spiro atoms. The van der Waals surface area contributed by atoms with Crippen molar-refractivity contribution in [2.45, 2.75) is 31.5 Å². The van der Waals surface area contributed by atoms with E-state index < -0.39 is 11.7 Å². The lowest BCUT2D eigenvalue weighted by Gasteiger charge is -2.17. The van der Waals surface area contributed by atoms with Crippen LogP contribution >= 0.6 is 0 Å². The highest BCUT2D eigenvalue weighted by molar-refractivity contribution is 5.45. The Morgan fingerprint density at radius 3 is 2.80 bits per heavy atom. The molecule has 0 radical (unpaired) electrons. The third-order valence-corrected chi connectivity index (χ3v) is 4.05. The van der Waals surface area contributed by atoms with Gasteiger partial charge >= 0.3 is 6.18 Å². The van der Waals surface area contributed by atoms with Crippen molar-refractivity contribution >= 4 is 5.82 Å². The first-order valence-corrected chi connectivity index (χ1v) is 7.04. The number of hydrogen-bond donors (Lipinski definition) is 1. The second kappa shape index (κ2) is 5.24. The lowest BCUT2D eigenvalue weighted by Crippen LogP contribution is -2.25. The zero-order valence-corrected chi connectivity index (χ0v) is 11.2. The molecule has 20 heavy (non-hydrogen) atoms. The van der Waals surface area contributed by atoms with E-state index in [1.165, 1.54) is 25.1 Å². The molecular formula is C14H18F3N3. The molecule has 6 heteroatoms. The van der Waals surface area contributed by atoms with Crippen LogP contribution in [0, 0.1) is 5.92 Å². The standard InChI is InChI=1S/C14H18F3N3/c15-14(16,17)12-2-1-6-18-13(12)19-8-10-5-7-20(9-10)11-3-4-11/h1-2,6,10-11H,3-5,7-9H2,(H,18,19). The smallest absolute Gasteiger partial charge is 0.369 e. The number of likely N-dealkylation sites (tertiary alicyclic amines) is 1. The molecule has 1 atom stereocenters. The van der Waals surface area contributed by atoms with Crippen LogP contribution in [0.1, 0.15) is 24.8 Å². The van der Waals surface area contributed by atoms with Crippen LogP contribution in [0.5, 0.6) is 0 Å². The average Bonchev–Trinajstić information content (AvgIpc) is 3.15. The van der Waals surface area contributed by atoms with Gasteiger partial charge in [-0.1, -0.05) is 0 Å². The van der Waals surface area contributed by atoms with Crippen molar-refractivity contribution < 1.29 is 13.2 Å². The number of anilines is 1. The molecule has 1 aromatic rings. The molecule has 1 N–H and O–H groups in total. The van der Waals surface area contributed by atoms with Crippen LogP contribution in [0.4, 0.5) is 19.0 Å². The SMILES string of the molecule is FC(F)(F)c1cccnc1NCC1CCN(C2CC2)C1. The topological polar surface area (TPSA) is 28.2 Å². The summed E-state index contributed by atoms with van der Waals surface area (Å²) < 4.78 is 38.5. The fraction of sp³-hybridized carbons (Fsp3) is 0.643. The number of alkyl halides is 3. The highest BCUT2D eigenvalue weighted by atomic mass is 19.4. The second-order valence-corrected chi connectivity index (χ2v) is 5.66. The highest BCUT2D eigenvalue weighted by Gasteiger charge is 2.36. The summed E-state index contributed by atoms with van der Waals surface area (Å²) in [5, 5.41) is 2.88. The van der Waals surface area contributed by atoms with Gasteiger partial charge in [0.05, 0.1) is 5.56 Å². The van der Waals surface area contributed by atoms with Gasteiger partial charge in [0.25, 0.3) is 0 Å². The molecule has 2 heterocycles. The lowest BCUT2D eigenvalue weighted by molar-refractivity contribution is -0.137. The summed E-state index contributed by atoms with van der Waals surface area (Å²) in [6.07, 6.45) is 0.643. The van der Waals surface area contributed by atoms with Gasteiger partial charge < -0.3 is 10.2 Å². The molecule has 1 saturated heterocycles. The Balaban J connectivity index is 1.58. The molecule has 3 nitrogen and oxygen atoms in total. The molecule has 0 aromatic carbocycles. The minimum Gasteiger partial charge on any atom is -0.369 e. The molecule has 2 fully saturated rings. The molecule has 3 rings (SSSR count). The monoisotopic (exact) mass is 285 g/mol. The third kappa shape index (κ3) is 3.06. The largest absolute Gasteiger partial charge is 0.419 e. The lowest BCUT2D eigenvalue weighted by atomic mass is 10.1. The molecule has 2 aliphatic rings. The Labute approximate surface area is 116 Å². The first kappa shape index (κ1) is 13.7. The number of halogens is 3. The van der Waals surface area contributed by atoms with Gasteiger partial charge in [-0.2, -0.15) is 13.2 Å². The molecule has 1 aliphatic carbocycles. The fourth-order valence-corrected chi connectivity index (χ4v) is 2.82. The van der Waals surface area contributed by atoms with Crippen LogP contribution in [0.3, 0.4) is 0 Å². The summed E-state index contributed by atoms with van der Waals surface area (Å²) in [5.41, 5.74) is -0.683. The van der Waals surface area contributed by atoms with Crippen LogP contribution in [-0.2, 0) is 6.18 Å². The van der Waals surface area contributed by atoms with Crippen molar-refractivity contribution in [3.63, 3.8) is 0 Å². The maximum absolute atomic E-state index is 12.8. The van der Waals surface area contributed by atoms with Crippen LogP contribution in [0.2, 0.25) is 0 Å². The number of rotatable bonds is 4. The molecule has 1 aromatic heterocycles. The summed E-state index contributed by atoms with van der Waals surface area (Å²) in [7, 11) is 0. The second-order valence-electron chi connectivity index (χ2n) is 5.66. The van der Waals surface area contributed by atoms with Crippen molar-refractivity contribution in [2.75, 3.05) is 25.0 Å². The molecular weight excluding hydrogens is 267 g/mol. The Morgan fingerprint density at radius 2 is 2.10 bits per heavy atom. The van der Waals surface area contributed by atoms with Gasteiger partial charge in [-0.25, -0.2) is 4.98 Å². The van der Waals surface area contributed by atoms with E-state index in [-0.39, 0.29) is 5.82 Å². The summed E-state index contributed by atoms with van der Waals surface area (Å²) in [6, 6.07) is 3.12. The van der Waals surface area contributed by atoms with E-state index in [1.54, 1.807) is 0 Å². The molecule has 0 bridgehead atoms. The molecule has 1 aliphatic heterocycles. The van der Waals surface area contributed by atoms with Gasteiger partial charge in [0.15, 0.2) is 0 Å². The van der Waals surface area contributed by atoms with E-state index in [4.69, 9.17) is 0 Å². The van der Waals surface area contributed by atoms with E-state index in [1.807, 2.05) is 0 Å². The first-order chi connectivity index (χ1) is 9.54. The van der Waals surface area contributed by atoms with E-state index in [9.17, 15) is 13.2 Å². The Bertz CT molecular complexity index is 471. The van der Waals surface area contributed by atoms with Crippen molar-refractivity contribution in [2.24, 2.45) is 5.92 Å². The van der Waals surface area contributed by atoms with Gasteiger partial charge in [0.1, 0.15) is 5.82 Å². The van der Waals surface area contributed by atoms with E-state index in [0.29, 0.717) is 12.5 Å². The third-order valence-electron chi connectivity index (χ3n) is 4.05. The van der Waals surface area contributed by atoms with Crippen molar-refractivity contribution in [1.82, 2.24) is 9.88 Å². The van der Waals surface area contributed by atoms with E-state index >= 15 is 0 Å². The number of aromatic nitrogens is 1. The Kier molecular flexibility index (Phi) is 3.58. The van der Waals surface area contributed by atoms with Crippen molar-refractivity contribution in [1.29, 1.82) is 0 Å². The molecule has 1 unspecified atom stereocenters. The minimum atomic E-state index is -4.35. The van der Waals surface area contributed by atoms with Crippen LogP contribution in [0.25, 0.3) is 0 Å². The molecule has 0 amide bonds. The molecule has 110 valence electrons. The summed E-state index contributed by atoms with van der Waals surface area (Å²) in [4.78, 5) is 6.28. The van der Waals surface area contributed by atoms with E-state index in [0.717, 1.165) is 31.6 Å². The predicted octanol–water partition coefficient (Wildman–Crippen LogP) is 3.00. The Hall–Kier alpha value is -1.30. The number of pyridine rings is 1. The van der Waals surface area contributed by atoms with Crippen LogP contribution in [-0.4, -0.2) is 35.6 Å². The van der Waals surface area contributed by atoms with Crippen molar-refractivity contribution in [3.8, 4) is 0 Å². The normalized spacial score (nSPS) is 24.1. The van der Waals surface area contributed by atoms with E-state index in [2.05, 4.69) is 15.2 Å². The number of nitrogens with zero attached hydrogens (tertiary/aromatic N) is 2. The van der Waals surface area contributed by atoms with Gasteiger partial charge in [-0.05, 0) is 43.9 Å². The summed E-state index contributed by atoms with van der Waals surface area (Å²) in [5.74, 6) is 0.364. The zero-order valence-electron chi connectivity index (χ0n) is 11.2. The van der Waals surface area contributed by atoms with Crippen LogP contribution in [0.15, 0.2) is 18.3 Å². The number of hydrogen-bond acceptors (Lipinski definition) is 3. The van der Waals surface area contributed by atoms with Gasteiger partial charge in [-0.3, -0.25) is 0 Å². The van der Waals surface area contributed by atoms with Crippen molar-refractivity contribution in [3.05, 3.63) is 23.9 Å². The quantitative estimate of drug-likeness (QED) is 0.921. The highest BCUT2D eigenvalue weighted by Crippen LogP contribution is 2.34. The predicted molar refractivity (Wildman–Crippen MR) is 70.4 cm³/mol. The van der Waals surface area contributed by atoms with Gasteiger partial charge in [0, 0.05) is 25.3 Å². The van der Waals surface area contributed by atoms with Crippen LogP contribution < -0.4 is 5.32 Å². The first-order valence-electron chi connectivity index (χ1n) is 7.04. The van der Waals surface area contributed by atoms with Gasteiger partial charge in [-0.15, -0.1) is 0 Å². The Morgan fingerprint density at radius 1 is 1.30 bits per heavy atom. The molecule has 1 saturated carbocycles. The fourth-order valence-electron chi connectivity index (χ4n) is 2.82. The maximum Gasteiger partial charge on any atom is 0.419 e. The number of nitrogens with one attached hydrogen (secondary N) is 1. The maximum atomic E-state index is 12.8. The summed E-state index contributed by atoms with van der Waals surface area (Å²) in [6.45, 7) is 2.63.